The number of anilines is 3. The summed E-state index contributed by atoms with van der Waals surface area (Å²) in [6, 6.07) is 25.5. The van der Waals surface area contributed by atoms with Crippen LogP contribution in [0.25, 0.3) is 11.1 Å². The minimum absolute atomic E-state index is 0.328. The molecule has 1 fully saturated rings. The van der Waals surface area contributed by atoms with Crippen LogP contribution in [0, 0.1) is 27.7 Å². The molecule has 1 saturated carbocycles. The molecule has 0 atom stereocenters. The summed E-state index contributed by atoms with van der Waals surface area (Å²) in [7, 11) is 0. The van der Waals surface area contributed by atoms with Crippen LogP contribution in [0.3, 0.4) is 0 Å². The third-order valence-corrected chi connectivity index (χ3v) is 12.1. The van der Waals surface area contributed by atoms with E-state index in [2.05, 4.69) is 145 Å². The van der Waals surface area contributed by atoms with Gasteiger partial charge in [0.1, 0.15) is 0 Å². The highest BCUT2D eigenvalue weighted by Crippen LogP contribution is 2.56. The van der Waals surface area contributed by atoms with Crippen molar-refractivity contribution in [2.24, 2.45) is 0 Å². The van der Waals surface area contributed by atoms with Gasteiger partial charge in [-0.15, -0.1) is 0 Å². The van der Waals surface area contributed by atoms with Gasteiger partial charge in [-0.1, -0.05) is 76.0 Å². The van der Waals surface area contributed by atoms with Crippen molar-refractivity contribution in [3.8, 4) is 11.1 Å². The van der Waals surface area contributed by atoms with E-state index in [-0.39, 0.29) is 0 Å². The van der Waals surface area contributed by atoms with Crippen LogP contribution >= 0.6 is 31.9 Å². The summed E-state index contributed by atoms with van der Waals surface area (Å²) in [5, 5.41) is 0. The van der Waals surface area contributed by atoms with Crippen LogP contribution < -0.4 is 4.90 Å². The molecule has 1 nitrogen and oxygen atoms in total. The summed E-state index contributed by atoms with van der Waals surface area (Å²) in [4.78, 5) is 2.39. The molecule has 0 unspecified atom stereocenters. The Hall–Kier alpha value is -2.36. The molecule has 0 heterocycles. The average molecular weight is 644 g/mol. The topological polar surface area (TPSA) is 3.24 Å². The molecule has 39 heavy (non-hydrogen) atoms. The second-order valence-electron chi connectivity index (χ2n) is 12.6. The zero-order valence-electron chi connectivity index (χ0n) is 23.9. The van der Waals surface area contributed by atoms with Crippen LogP contribution in [0.5, 0.6) is 0 Å². The van der Waals surface area contributed by atoms with Crippen LogP contribution in [0.15, 0.2) is 75.7 Å². The molecule has 4 aromatic rings. The first kappa shape index (κ1) is 26.8. The van der Waals surface area contributed by atoms with Gasteiger partial charge in [-0.2, -0.15) is 0 Å². The van der Waals surface area contributed by atoms with E-state index in [0.717, 1.165) is 5.69 Å². The Morgan fingerprint density at radius 1 is 0.513 bits per heavy atom. The molecule has 0 aliphatic heterocycles. The maximum atomic E-state index is 3.76. The van der Waals surface area contributed by atoms with E-state index in [0.29, 0.717) is 10.8 Å². The molecule has 200 valence electrons. The van der Waals surface area contributed by atoms with Crippen molar-refractivity contribution in [1.82, 2.24) is 0 Å². The van der Waals surface area contributed by atoms with E-state index >= 15 is 0 Å². The summed E-state index contributed by atoms with van der Waals surface area (Å²) in [5.41, 5.74) is 14.9. The highest BCUT2D eigenvalue weighted by Gasteiger charge is 2.47. The number of rotatable bonds is 4. The van der Waals surface area contributed by atoms with Crippen molar-refractivity contribution >= 4 is 48.9 Å². The van der Waals surface area contributed by atoms with Gasteiger partial charge in [0.2, 0.25) is 0 Å². The highest BCUT2D eigenvalue weighted by atomic mass is 79.9. The quantitative estimate of drug-likeness (QED) is 0.214. The van der Waals surface area contributed by atoms with E-state index in [1.165, 1.54) is 79.4 Å². The van der Waals surface area contributed by atoms with Gasteiger partial charge in [-0.25, -0.2) is 0 Å². The molecule has 3 aliphatic rings. The summed E-state index contributed by atoms with van der Waals surface area (Å²) >= 11 is 7.53. The van der Waals surface area contributed by atoms with Crippen LogP contribution in [-0.2, 0) is 10.8 Å². The Kier molecular flexibility index (Phi) is 6.63. The van der Waals surface area contributed by atoms with E-state index in [4.69, 9.17) is 0 Å². The van der Waals surface area contributed by atoms with Gasteiger partial charge in [-0.3, -0.25) is 0 Å². The van der Waals surface area contributed by atoms with E-state index in [1.807, 2.05) is 0 Å². The molecule has 0 saturated heterocycles. The zero-order chi connectivity index (χ0) is 27.7. The standard InChI is InChI=1S/C36H37Br2N/c1-22-17-29(18-23(2)33(22)37)39(30-19-24(3)34(38)25(4)20-30)28-10-7-26(8-11-28)27-9-12-31-32(21-27)36(6)15-13-35(31,5)14-16-36/h7-12,17-21H,13-16H2,1-6H3. The van der Waals surface area contributed by atoms with Gasteiger partial charge in [0.05, 0.1) is 0 Å². The van der Waals surface area contributed by atoms with Crippen molar-refractivity contribution in [1.29, 1.82) is 0 Å². The first-order valence-electron chi connectivity index (χ1n) is 14.1. The number of halogens is 2. The minimum Gasteiger partial charge on any atom is -0.310 e. The van der Waals surface area contributed by atoms with Gasteiger partial charge in [0.25, 0.3) is 0 Å². The third kappa shape index (κ3) is 4.50. The fraction of sp³-hybridized carbons (Fsp3) is 0.333. The Balaban J connectivity index is 1.43. The Bertz CT molecular complexity index is 1490. The SMILES string of the molecule is Cc1cc(N(c2ccc(-c3ccc4c(c3)C3(C)CCC4(C)CC3)cc2)c2cc(C)c(Br)c(C)c2)cc(C)c1Br. The molecular weight excluding hydrogens is 606 g/mol. The van der Waals surface area contributed by atoms with Crippen molar-refractivity contribution in [2.75, 3.05) is 4.90 Å². The molecule has 3 heteroatoms. The van der Waals surface area contributed by atoms with E-state index in [1.54, 1.807) is 11.1 Å². The molecular formula is C36H37Br2N. The number of aryl methyl sites for hydroxylation is 4. The van der Waals surface area contributed by atoms with Crippen LogP contribution in [-0.4, -0.2) is 0 Å². The lowest BCUT2D eigenvalue weighted by Gasteiger charge is -2.52. The van der Waals surface area contributed by atoms with Crippen LogP contribution in [0.2, 0.25) is 0 Å². The van der Waals surface area contributed by atoms with E-state index < -0.39 is 0 Å². The summed E-state index contributed by atoms with van der Waals surface area (Å²) < 4.78 is 2.35. The lowest BCUT2D eigenvalue weighted by molar-refractivity contribution is 0.188. The highest BCUT2D eigenvalue weighted by molar-refractivity contribution is 9.10. The molecule has 7 rings (SSSR count). The molecule has 4 aromatic carbocycles. The molecule has 0 aromatic heterocycles. The van der Waals surface area contributed by atoms with Gasteiger partial charge >= 0.3 is 0 Å². The van der Waals surface area contributed by atoms with Crippen LogP contribution in [0.4, 0.5) is 17.1 Å². The molecule has 0 amide bonds. The number of hydrogen-bond acceptors (Lipinski definition) is 1. The summed E-state index contributed by atoms with van der Waals surface area (Å²) in [6.07, 6.45) is 5.27. The normalized spacial score (nSPS) is 21.6. The van der Waals surface area contributed by atoms with Crippen molar-refractivity contribution in [3.63, 3.8) is 0 Å². The van der Waals surface area contributed by atoms with Crippen molar-refractivity contribution in [2.45, 2.75) is 78.1 Å². The summed E-state index contributed by atoms with van der Waals surface area (Å²) in [6.45, 7) is 13.6. The monoisotopic (exact) mass is 641 g/mol. The van der Waals surface area contributed by atoms with E-state index in [9.17, 15) is 0 Å². The molecule has 0 radical (unpaired) electrons. The first-order chi connectivity index (χ1) is 18.5. The number of benzene rings is 4. The Labute approximate surface area is 250 Å². The molecule has 0 N–H and O–H groups in total. The molecule has 3 aliphatic carbocycles. The lowest BCUT2D eigenvalue weighted by atomic mass is 9.52. The predicted octanol–water partition coefficient (Wildman–Crippen LogP) is 11.7. The van der Waals surface area contributed by atoms with Gasteiger partial charge in [0, 0.05) is 26.0 Å². The fourth-order valence-corrected chi connectivity index (χ4v) is 7.45. The Morgan fingerprint density at radius 2 is 0.923 bits per heavy atom. The van der Waals surface area contributed by atoms with Crippen LogP contribution in [0.1, 0.15) is 72.9 Å². The minimum atomic E-state index is 0.328. The maximum Gasteiger partial charge on any atom is 0.0467 e. The number of fused-ring (bicyclic) bond motifs is 2. The number of hydrogen-bond donors (Lipinski definition) is 0. The van der Waals surface area contributed by atoms with Gasteiger partial charge < -0.3 is 4.90 Å². The zero-order valence-corrected chi connectivity index (χ0v) is 27.1. The second kappa shape index (κ2) is 9.63. The van der Waals surface area contributed by atoms with Crippen molar-refractivity contribution in [3.05, 3.63) is 109 Å². The predicted molar refractivity (Wildman–Crippen MR) is 174 cm³/mol. The van der Waals surface area contributed by atoms with Gasteiger partial charge in [0.15, 0.2) is 0 Å². The molecule has 0 spiro atoms. The average Bonchev–Trinajstić information content (AvgIpc) is 2.92. The lowest BCUT2D eigenvalue weighted by Crippen LogP contribution is -2.44. The summed E-state index contributed by atoms with van der Waals surface area (Å²) in [5.74, 6) is 0. The number of nitrogens with zero attached hydrogens (tertiary/aromatic N) is 1. The largest absolute Gasteiger partial charge is 0.310 e. The van der Waals surface area contributed by atoms with Gasteiger partial charge in [-0.05, 0) is 145 Å². The second-order valence-corrected chi connectivity index (χ2v) is 14.1. The maximum absolute atomic E-state index is 3.76. The fourth-order valence-electron chi connectivity index (χ4n) is 7.00. The first-order valence-corrected chi connectivity index (χ1v) is 15.7. The smallest absolute Gasteiger partial charge is 0.0467 e. The third-order valence-electron chi connectivity index (χ3n) is 9.59. The molecule has 2 bridgehead atoms. The Morgan fingerprint density at radius 3 is 1.38 bits per heavy atom. The van der Waals surface area contributed by atoms with Crippen molar-refractivity contribution < 1.29 is 0 Å².